The van der Waals surface area contributed by atoms with Gasteiger partial charge >= 0.3 is 12.1 Å². The van der Waals surface area contributed by atoms with E-state index >= 15 is 0 Å². The number of nitrogens with zero attached hydrogens (tertiary/aromatic N) is 3. The van der Waals surface area contributed by atoms with E-state index in [-0.39, 0.29) is 30.8 Å². The van der Waals surface area contributed by atoms with Gasteiger partial charge in [-0.25, -0.2) is 4.79 Å². The summed E-state index contributed by atoms with van der Waals surface area (Å²) in [6.07, 6.45) is -2.49. The van der Waals surface area contributed by atoms with Crippen LogP contribution in [0.15, 0.2) is 17.5 Å². The minimum absolute atomic E-state index is 0.128. The smallest absolute Gasteiger partial charge is 0.410 e. The van der Waals surface area contributed by atoms with Gasteiger partial charge in [0.2, 0.25) is 0 Å². The van der Waals surface area contributed by atoms with E-state index in [4.69, 9.17) is 23.7 Å². The normalized spacial score (nSPS) is 39.4. The van der Waals surface area contributed by atoms with Crippen LogP contribution in [0.1, 0.15) is 105 Å². The molecule has 13 atom stereocenters. The van der Waals surface area contributed by atoms with Crippen LogP contribution >= 0.6 is 11.3 Å². The van der Waals surface area contributed by atoms with Crippen molar-refractivity contribution in [2.75, 3.05) is 47.5 Å². The van der Waals surface area contributed by atoms with Crippen LogP contribution in [0.25, 0.3) is 0 Å². The number of likely N-dealkylation sites (N-methyl/N-ethyl adjacent to an activating group) is 1. The maximum atomic E-state index is 14.8. The highest BCUT2D eigenvalue weighted by atomic mass is 32.1. The Hall–Kier alpha value is -2.50. The molecule has 0 radical (unpaired) electrons. The summed E-state index contributed by atoms with van der Waals surface area (Å²) in [7, 11) is 5.27. The van der Waals surface area contributed by atoms with Gasteiger partial charge in [-0.3, -0.25) is 24.6 Å². The molecule has 2 N–H and O–H groups in total. The summed E-state index contributed by atoms with van der Waals surface area (Å²) in [6.45, 7) is 18.6. The van der Waals surface area contributed by atoms with Crippen molar-refractivity contribution in [1.82, 2.24) is 20.0 Å². The van der Waals surface area contributed by atoms with Crippen molar-refractivity contribution in [1.29, 1.82) is 0 Å². The molecule has 0 bridgehead atoms. The predicted octanol–water partition coefficient (Wildman–Crippen LogP) is 5.03. The average molecular weight is 835 g/mol. The summed E-state index contributed by atoms with van der Waals surface area (Å²) in [5.74, 6) is -3.69. The first kappa shape index (κ1) is 46.6. The van der Waals surface area contributed by atoms with Crippen molar-refractivity contribution in [2.24, 2.45) is 23.2 Å². The number of methoxy groups -OCH3 is 1. The zero-order chi connectivity index (χ0) is 42.9. The van der Waals surface area contributed by atoms with E-state index in [1.54, 1.807) is 37.0 Å². The van der Waals surface area contributed by atoms with E-state index in [9.17, 15) is 24.3 Å². The number of carbonyl (C=O) groups excluding carboxylic acids is 4. The van der Waals surface area contributed by atoms with E-state index < -0.39 is 82.9 Å². The molecule has 0 spiro atoms. The number of aliphatic hydroxyl groups is 1. The zero-order valence-corrected chi connectivity index (χ0v) is 37.6. The minimum Gasteiger partial charge on any atom is -0.457 e. The van der Waals surface area contributed by atoms with Crippen LogP contribution < -0.4 is 5.32 Å². The standard InChI is InChI=1S/C43H70N4O10S/c1-13-32-43(9)35(47(40(52)57-43)19-15-14-18-46-23-29(44-24-46)31-17-16-20-58-31)27(4)33(48)25(2)22-42(8,53-12)37(28(5)36(50)41(6,7)39(51)55-32)56-38-34(49)30(45(10)11)21-26(3)54-38/h16-17,20,25-30,32,34-35,37-38,44,49H,13-15,18-19,21-24H2,1-12H3/t25-,26-,27+,28+,29?,30+,32-,34-,35-,37-,38+,42-,43-/m1/s1. The molecule has 4 aliphatic heterocycles. The van der Waals surface area contributed by atoms with Gasteiger partial charge in [0.05, 0.1) is 29.9 Å². The number of ether oxygens (including phenoxy) is 5. The number of hydrogen-bond acceptors (Lipinski definition) is 14. The highest BCUT2D eigenvalue weighted by Crippen LogP contribution is 2.44. The van der Waals surface area contributed by atoms with Crippen LogP contribution in [-0.2, 0) is 38.1 Å². The highest BCUT2D eigenvalue weighted by molar-refractivity contribution is 7.10. The molecule has 4 saturated heterocycles. The zero-order valence-electron chi connectivity index (χ0n) is 36.8. The van der Waals surface area contributed by atoms with Gasteiger partial charge in [-0.1, -0.05) is 33.8 Å². The molecular formula is C43H70N4O10S. The lowest BCUT2D eigenvalue weighted by molar-refractivity contribution is -0.295. The second kappa shape index (κ2) is 18.6. The Morgan fingerprint density at radius 2 is 1.72 bits per heavy atom. The predicted molar refractivity (Wildman–Crippen MR) is 220 cm³/mol. The van der Waals surface area contributed by atoms with Crippen LogP contribution in [-0.4, -0.2) is 145 Å². The van der Waals surface area contributed by atoms with E-state index in [1.165, 1.54) is 25.8 Å². The Morgan fingerprint density at radius 3 is 2.34 bits per heavy atom. The van der Waals surface area contributed by atoms with Crippen molar-refractivity contribution in [3.63, 3.8) is 0 Å². The first-order chi connectivity index (χ1) is 27.2. The van der Waals surface area contributed by atoms with Gasteiger partial charge in [0.15, 0.2) is 17.7 Å². The third kappa shape index (κ3) is 9.36. The van der Waals surface area contributed by atoms with Gasteiger partial charge in [-0.2, -0.15) is 0 Å². The summed E-state index contributed by atoms with van der Waals surface area (Å²) in [5.41, 5.74) is -4.32. The number of Topliss-reactive ketones (excluding diaryl/α,β-unsaturated/α-hetero) is 2. The molecule has 14 nitrogen and oxygen atoms in total. The quantitative estimate of drug-likeness (QED) is 0.174. The molecule has 328 valence electrons. The summed E-state index contributed by atoms with van der Waals surface area (Å²) in [6, 6.07) is 3.48. The number of hydrogen-bond donors (Lipinski definition) is 2. The summed E-state index contributed by atoms with van der Waals surface area (Å²) < 4.78 is 31.5. The van der Waals surface area contributed by atoms with Gasteiger partial charge in [-0.05, 0) is 98.8 Å². The van der Waals surface area contributed by atoms with Crippen molar-refractivity contribution in [3.05, 3.63) is 22.4 Å². The maximum absolute atomic E-state index is 14.8. The number of cyclic esters (lactones) is 1. The Balaban J connectivity index is 1.44. The molecule has 0 saturated carbocycles. The van der Waals surface area contributed by atoms with E-state index in [1.807, 2.05) is 46.7 Å². The number of thiophene rings is 1. The number of aliphatic hydroxyl groups excluding tert-OH is 1. The molecule has 0 aliphatic carbocycles. The lowest BCUT2D eigenvalue weighted by Crippen LogP contribution is -2.61. The molecule has 1 aromatic heterocycles. The number of carbonyl (C=O) groups is 4. The molecule has 4 fully saturated rings. The van der Waals surface area contributed by atoms with Crippen molar-refractivity contribution in [3.8, 4) is 0 Å². The second-order valence-electron chi connectivity index (χ2n) is 18.4. The lowest BCUT2D eigenvalue weighted by atomic mass is 9.71. The van der Waals surface area contributed by atoms with Gasteiger partial charge < -0.3 is 38.6 Å². The summed E-state index contributed by atoms with van der Waals surface area (Å²) in [4.78, 5) is 64.8. The molecule has 4 aliphatic rings. The van der Waals surface area contributed by atoms with Crippen molar-refractivity contribution < 1.29 is 48.0 Å². The van der Waals surface area contributed by atoms with Crippen LogP contribution in [0.2, 0.25) is 0 Å². The summed E-state index contributed by atoms with van der Waals surface area (Å²) in [5, 5.41) is 17.2. The third-order valence-electron chi connectivity index (χ3n) is 13.5. The topological polar surface area (TPSA) is 156 Å². The van der Waals surface area contributed by atoms with Gasteiger partial charge in [0.1, 0.15) is 23.4 Å². The molecular weight excluding hydrogens is 765 g/mol. The monoisotopic (exact) mass is 834 g/mol. The Kier molecular flexibility index (Phi) is 15.0. The number of amides is 1. The largest absolute Gasteiger partial charge is 0.457 e. The molecule has 5 rings (SSSR count). The minimum atomic E-state index is -1.66. The van der Waals surface area contributed by atoms with Crippen molar-refractivity contribution >= 4 is 35.0 Å². The second-order valence-corrected chi connectivity index (χ2v) is 19.4. The molecule has 1 aromatic rings. The molecule has 58 heavy (non-hydrogen) atoms. The van der Waals surface area contributed by atoms with Gasteiger partial charge in [0, 0.05) is 55.5 Å². The fourth-order valence-electron chi connectivity index (χ4n) is 9.99. The first-order valence-electron chi connectivity index (χ1n) is 21.2. The highest BCUT2D eigenvalue weighted by Gasteiger charge is 2.61. The maximum Gasteiger partial charge on any atom is 0.410 e. The Morgan fingerprint density at radius 1 is 1.03 bits per heavy atom. The fraction of sp³-hybridized carbons (Fsp3) is 0.814. The van der Waals surface area contributed by atoms with E-state index in [0.717, 1.165) is 26.2 Å². The molecule has 15 heteroatoms. The van der Waals surface area contributed by atoms with Crippen LogP contribution in [0.4, 0.5) is 4.79 Å². The number of ketones is 2. The van der Waals surface area contributed by atoms with E-state index in [2.05, 4.69) is 27.7 Å². The summed E-state index contributed by atoms with van der Waals surface area (Å²) >= 11 is 1.75. The molecule has 0 aromatic carbocycles. The number of unbranched alkanes of at least 4 members (excludes halogenated alkanes) is 1. The first-order valence-corrected chi connectivity index (χ1v) is 22.1. The van der Waals surface area contributed by atoms with E-state index in [0.29, 0.717) is 25.4 Å². The van der Waals surface area contributed by atoms with Gasteiger partial charge in [-0.15, -0.1) is 11.3 Å². The van der Waals surface area contributed by atoms with Crippen LogP contribution in [0.5, 0.6) is 0 Å². The molecule has 5 heterocycles. The number of nitrogens with one attached hydrogen (secondary N) is 1. The lowest BCUT2D eigenvalue weighted by Gasteiger charge is -2.47. The molecule has 1 amide bonds. The Labute approximate surface area is 349 Å². The number of rotatable bonds is 11. The van der Waals surface area contributed by atoms with Crippen LogP contribution in [0.3, 0.4) is 0 Å². The Bertz CT molecular complexity index is 1590. The number of fused-ring (bicyclic) bond motifs is 1. The molecule has 1 unspecified atom stereocenters. The number of esters is 1. The third-order valence-corrected chi connectivity index (χ3v) is 14.5. The van der Waals surface area contributed by atoms with Crippen LogP contribution in [0, 0.1) is 23.2 Å². The fourth-order valence-corrected chi connectivity index (χ4v) is 10.8. The SMILES string of the molecule is CC[C@H]1OC(=O)C(C)(C)C(=O)[C@H](C)[C@@H](O[C@@H]2O[C@H](C)C[C@H](N(C)C)[C@H]2O)[C@](C)(OC)C[C@@H](C)C(=O)[C@H](C)[C@H]2N(CCCCN3CNC(c4cccs4)C3)C(=O)O[C@]12C. The van der Waals surface area contributed by atoms with Crippen molar-refractivity contribution in [2.45, 2.75) is 154 Å². The average Bonchev–Trinajstić information content (AvgIpc) is 3.94. The van der Waals surface area contributed by atoms with Gasteiger partial charge in [0.25, 0.3) is 0 Å².